The van der Waals surface area contributed by atoms with Crippen LogP contribution in [0, 0.1) is 0 Å². The summed E-state index contributed by atoms with van der Waals surface area (Å²) in [5.41, 5.74) is 0.813. The molecular formula is C31H36N2O5. The fourth-order valence-corrected chi connectivity index (χ4v) is 4.87. The Hall–Kier alpha value is -3.87. The van der Waals surface area contributed by atoms with Crippen molar-refractivity contribution in [3.05, 3.63) is 80.5 Å². The molecule has 0 amide bonds. The number of ketones is 1. The summed E-state index contributed by atoms with van der Waals surface area (Å²) in [7, 11) is 0. The monoisotopic (exact) mass is 516 g/mol. The number of carbonyl (C=O) groups is 1. The van der Waals surface area contributed by atoms with Gasteiger partial charge in [-0.2, -0.15) is 0 Å². The van der Waals surface area contributed by atoms with Gasteiger partial charge in [-0.15, -0.1) is 0 Å². The maximum Gasteiger partial charge on any atom is 0.347 e. The summed E-state index contributed by atoms with van der Waals surface area (Å²) in [4.78, 5) is 43.5. The molecule has 0 aliphatic heterocycles. The lowest BCUT2D eigenvalue weighted by Gasteiger charge is -2.23. The molecule has 4 aromatic rings. The first-order valence-corrected chi connectivity index (χ1v) is 13.6. The lowest BCUT2D eigenvalue weighted by molar-refractivity contribution is 0.103. The molecule has 0 aliphatic carbocycles. The maximum absolute atomic E-state index is 13.3. The molecule has 4 rings (SSSR count). The first-order valence-electron chi connectivity index (χ1n) is 13.6. The van der Waals surface area contributed by atoms with Crippen molar-refractivity contribution >= 4 is 39.1 Å². The highest BCUT2D eigenvalue weighted by atomic mass is 16.4. The van der Waals surface area contributed by atoms with Gasteiger partial charge in [0.2, 0.25) is 5.78 Å². The van der Waals surface area contributed by atoms with E-state index in [0.717, 1.165) is 63.2 Å². The zero-order chi connectivity index (χ0) is 27.2. The zero-order valence-corrected chi connectivity index (χ0v) is 22.7. The van der Waals surface area contributed by atoms with E-state index in [4.69, 9.17) is 8.83 Å². The Labute approximate surface area is 222 Å². The minimum absolute atomic E-state index is 0.190. The van der Waals surface area contributed by atoms with Crippen LogP contribution in [0.25, 0.3) is 21.9 Å². The molecule has 0 bridgehead atoms. The van der Waals surface area contributed by atoms with Crippen LogP contribution in [0.3, 0.4) is 0 Å². The molecule has 0 N–H and O–H groups in total. The van der Waals surface area contributed by atoms with E-state index in [1.54, 1.807) is 0 Å². The molecule has 0 atom stereocenters. The normalized spacial score (nSPS) is 11.3. The number of anilines is 2. The van der Waals surface area contributed by atoms with E-state index in [1.807, 2.05) is 36.4 Å². The van der Waals surface area contributed by atoms with Crippen molar-refractivity contribution < 1.29 is 13.6 Å². The molecule has 0 saturated carbocycles. The molecule has 0 saturated heterocycles. The predicted molar refractivity (Wildman–Crippen MR) is 154 cm³/mol. The Morgan fingerprint density at radius 2 is 0.974 bits per heavy atom. The average Bonchev–Trinajstić information content (AvgIpc) is 2.91. The van der Waals surface area contributed by atoms with E-state index >= 15 is 0 Å². The van der Waals surface area contributed by atoms with Crippen LogP contribution in [-0.4, -0.2) is 32.0 Å². The molecule has 2 aromatic heterocycles. The van der Waals surface area contributed by atoms with Crippen LogP contribution in [0.1, 0.15) is 69.3 Å². The Morgan fingerprint density at radius 3 is 1.32 bits per heavy atom. The molecule has 7 nitrogen and oxygen atoms in total. The SMILES string of the molecule is CCCN(CCC)c1ccc2cc(C(=O)c3cc4ccc(N(CCC)CCC)cc4oc3=O)c(=O)oc2c1. The van der Waals surface area contributed by atoms with Crippen molar-refractivity contribution in [2.45, 2.75) is 53.4 Å². The summed E-state index contributed by atoms with van der Waals surface area (Å²) in [6.07, 6.45) is 4.00. The van der Waals surface area contributed by atoms with Gasteiger partial charge in [0.1, 0.15) is 22.3 Å². The van der Waals surface area contributed by atoms with Gasteiger partial charge in [0.15, 0.2) is 0 Å². The molecule has 7 heteroatoms. The highest BCUT2D eigenvalue weighted by Gasteiger charge is 2.21. The van der Waals surface area contributed by atoms with Gasteiger partial charge in [-0.1, -0.05) is 27.7 Å². The van der Waals surface area contributed by atoms with Crippen LogP contribution in [0.15, 0.2) is 67.0 Å². The number of hydrogen-bond acceptors (Lipinski definition) is 7. The average molecular weight is 517 g/mol. The maximum atomic E-state index is 13.3. The summed E-state index contributed by atoms with van der Waals surface area (Å²) < 4.78 is 11.1. The number of nitrogens with zero attached hydrogens (tertiary/aromatic N) is 2. The quantitative estimate of drug-likeness (QED) is 0.159. The van der Waals surface area contributed by atoms with E-state index in [0.29, 0.717) is 21.9 Å². The molecule has 0 spiro atoms. The third-order valence-electron chi connectivity index (χ3n) is 6.63. The minimum Gasteiger partial charge on any atom is -0.422 e. The summed E-state index contributed by atoms with van der Waals surface area (Å²) in [6.45, 7) is 12.1. The largest absolute Gasteiger partial charge is 0.422 e. The Morgan fingerprint density at radius 1 is 0.605 bits per heavy atom. The van der Waals surface area contributed by atoms with Gasteiger partial charge in [0, 0.05) is 60.5 Å². The van der Waals surface area contributed by atoms with Gasteiger partial charge in [-0.05, 0) is 62.1 Å². The van der Waals surface area contributed by atoms with Gasteiger partial charge < -0.3 is 18.6 Å². The summed E-state index contributed by atoms with van der Waals surface area (Å²) >= 11 is 0. The number of benzene rings is 2. The third-order valence-corrected chi connectivity index (χ3v) is 6.63. The molecule has 2 aromatic carbocycles. The van der Waals surface area contributed by atoms with E-state index in [-0.39, 0.29) is 11.1 Å². The predicted octanol–water partition coefficient (Wildman–Crippen LogP) is 6.38. The first-order chi connectivity index (χ1) is 18.4. The smallest absolute Gasteiger partial charge is 0.347 e. The number of carbonyl (C=O) groups excluding carboxylic acids is 1. The molecular weight excluding hydrogens is 480 g/mol. The summed E-state index contributed by atoms with van der Waals surface area (Å²) in [6, 6.07) is 14.3. The van der Waals surface area contributed by atoms with Gasteiger partial charge in [0.05, 0.1) is 0 Å². The number of rotatable bonds is 12. The van der Waals surface area contributed by atoms with Crippen LogP contribution in [0.2, 0.25) is 0 Å². The summed E-state index contributed by atoms with van der Waals surface area (Å²) in [5.74, 6) is -0.707. The molecule has 0 radical (unpaired) electrons. The van der Waals surface area contributed by atoms with Gasteiger partial charge in [-0.3, -0.25) is 4.79 Å². The van der Waals surface area contributed by atoms with Crippen LogP contribution in [-0.2, 0) is 0 Å². The number of fused-ring (bicyclic) bond motifs is 2. The van der Waals surface area contributed by atoms with Crippen LogP contribution >= 0.6 is 0 Å². The van der Waals surface area contributed by atoms with Crippen LogP contribution < -0.4 is 21.1 Å². The van der Waals surface area contributed by atoms with Crippen molar-refractivity contribution in [2.24, 2.45) is 0 Å². The minimum atomic E-state index is -0.776. The molecule has 38 heavy (non-hydrogen) atoms. The standard InChI is InChI=1S/C31H36N2O5/c1-5-13-32(14-6-2)23-11-9-21-17-25(30(35)37-27(21)19-23)29(34)26-18-22-10-12-24(20-28(22)38-31(26)36)33(15-7-3)16-8-4/h9-12,17-20H,5-8,13-16H2,1-4H3. The Bertz CT molecular complexity index is 1420. The molecule has 0 unspecified atom stereocenters. The fraction of sp³-hybridized carbons (Fsp3) is 0.387. The topological polar surface area (TPSA) is 84.0 Å². The van der Waals surface area contributed by atoms with E-state index < -0.39 is 17.0 Å². The Kier molecular flexibility index (Phi) is 8.66. The second-order valence-electron chi connectivity index (χ2n) is 9.64. The van der Waals surface area contributed by atoms with Crippen LogP contribution in [0.4, 0.5) is 11.4 Å². The summed E-state index contributed by atoms with van der Waals surface area (Å²) in [5, 5.41) is 1.23. The highest BCUT2D eigenvalue weighted by Crippen LogP contribution is 2.25. The third kappa shape index (κ3) is 5.67. The zero-order valence-electron chi connectivity index (χ0n) is 22.7. The van der Waals surface area contributed by atoms with Crippen molar-refractivity contribution in [3.8, 4) is 0 Å². The van der Waals surface area contributed by atoms with Crippen LogP contribution in [0.5, 0.6) is 0 Å². The highest BCUT2D eigenvalue weighted by molar-refractivity contribution is 6.10. The van der Waals surface area contributed by atoms with Gasteiger partial charge in [-0.25, -0.2) is 9.59 Å². The van der Waals surface area contributed by atoms with E-state index in [1.165, 1.54) is 12.1 Å². The van der Waals surface area contributed by atoms with Gasteiger partial charge >= 0.3 is 11.3 Å². The molecule has 200 valence electrons. The molecule has 0 fully saturated rings. The second-order valence-corrected chi connectivity index (χ2v) is 9.64. The van der Waals surface area contributed by atoms with Gasteiger partial charge in [0.25, 0.3) is 0 Å². The lowest BCUT2D eigenvalue weighted by Crippen LogP contribution is -2.25. The molecule has 2 heterocycles. The lowest BCUT2D eigenvalue weighted by atomic mass is 10.0. The Balaban J connectivity index is 1.69. The first kappa shape index (κ1) is 27.2. The molecule has 0 aliphatic rings. The van der Waals surface area contributed by atoms with Crippen molar-refractivity contribution in [3.63, 3.8) is 0 Å². The van der Waals surface area contributed by atoms with Crippen molar-refractivity contribution in [2.75, 3.05) is 36.0 Å². The fourth-order valence-electron chi connectivity index (χ4n) is 4.87. The van der Waals surface area contributed by atoms with Crippen molar-refractivity contribution in [1.82, 2.24) is 0 Å². The number of hydrogen-bond donors (Lipinski definition) is 0. The second kappa shape index (κ2) is 12.1. The van der Waals surface area contributed by atoms with Crippen molar-refractivity contribution in [1.29, 1.82) is 0 Å². The van der Waals surface area contributed by atoms with E-state index in [9.17, 15) is 14.4 Å². The van der Waals surface area contributed by atoms with E-state index in [2.05, 4.69) is 37.5 Å².